The fourth-order valence-electron chi connectivity index (χ4n) is 2.94. The van der Waals surface area contributed by atoms with E-state index >= 15 is 0 Å². The largest absolute Gasteiger partial charge is 0.456 e. The van der Waals surface area contributed by atoms with Gasteiger partial charge in [-0.05, 0) is 23.6 Å². The summed E-state index contributed by atoms with van der Waals surface area (Å²) in [6, 6.07) is 17.7. The third kappa shape index (κ3) is 4.18. The van der Waals surface area contributed by atoms with Crippen molar-refractivity contribution < 1.29 is 9.53 Å². The summed E-state index contributed by atoms with van der Waals surface area (Å²) in [4.78, 5) is 17.2. The summed E-state index contributed by atoms with van der Waals surface area (Å²) in [7, 11) is 1.87. The summed E-state index contributed by atoms with van der Waals surface area (Å²) in [5, 5.41) is 6.93. The van der Waals surface area contributed by atoms with E-state index < -0.39 is 0 Å². The summed E-state index contributed by atoms with van der Waals surface area (Å²) in [5.74, 6) is -0.331. The average Bonchev–Trinajstić information content (AvgIpc) is 3.36. The Kier molecular flexibility index (Phi) is 5.30. The van der Waals surface area contributed by atoms with E-state index in [1.807, 2.05) is 61.1 Å². The van der Waals surface area contributed by atoms with Gasteiger partial charge in [0.05, 0.1) is 17.5 Å². The molecule has 0 spiro atoms. The highest BCUT2D eigenvalue weighted by molar-refractivity contribution is 7.13. The Balaban J connectivity index is 1.44. The van der Waals surface area contributed by atoms with Crippen LogP contribution in [0.1, 0.15) is 27.2 Å². The van der Waals surface area contributed by atoms with Crippen LogP contribution in [0, 0.1) is 0 Å². The molecule has 0 aliphatic heterocycles. The van der Waals surface area contributed by atoms with Gasteiger partial charge in [0, 0.05) is 24.2 Å². The smallest absolute Gasteiger partial charge is 0.338 e. The number of esters is 1. The Hall–Kier alpha value is -3.25. The van der Waals surface area contributed by atoms with Gasteiger partial charge in [-0.1, -0.05) is 48.5 Å². The first-order chi connectivity index (χ1) is 13.7. The van der Waals surface area contributed by atoms with Crippen molar-refractivity contribution in [3.63, 3.8) is 0 Å². The van der Waals surface area contributed by atoms with E-state index in [0.717, 1.165) is 27.4 Å². The summed E-state index contributed by atoms with van der Waals surface area (Å²) in [6.07, 6.45) is 4.37. The van der Waals surface area contributed by atoms with E-state index in [0.29, 0.717) is 12.0 Å². The number of benzene rings is 2. The predicted octanol–water partition coefficient (Wildman–Crippen LogP) is 4.49. The zero-order valence-electron chi connectivity index (χ0n) is 15.4. The van der Waals surface area contributed by atoms with E-state index in [-0.39, 0.29) is 12.6 Å². The molecule has 0 amide bonds. The molecule has 2 aromatic carbocycles. The number of carbonyl (C=O) groups excluding carboxylic acids is 1. The number of hydrogen-bond acceptors (Lipinski definition) is 5. The lowest BCUT2D eigenvalue weighted by atomic mass is 10.00. The Labute approximate surface area is 167 Å². The second-order valence-electron chi connectivity index (χ2n) is 6.44. The lowest BCUT2D eigenvalue weighted by Gasteiger charge is -2.09. The third-order valence-electron chi connectivity index (χ3n) is 4.33. The highest BCUT2D eigenvalue weighted by Crippen LogP contribution is 2.23. The van der Waals surface area contributed by atoms with Crippen LogP contribution in [0.3, 0.4) is 0 Å². The normalized spacial score (nSPS) is 10.8. The average molecular weight is 389 g/mol. The van der Waals surface area contributed by atoms with Crippen molar-refractivity contribution in [3.05, 3.63) is 94.8 Å². The maximum Gasteiger partial charge on any atom is 0.338 e. The van der Waals surface area contributed by atoms with E-state index in [4.69, 9.17) is 4.74 Å². The second kappa shape index (κ2) is 8.19. The number of rotatable bonds is 6. The number of nitrogens with zero attached hydrogens (tertiary/aromatic N) is 3. The van der Waals surface area contributed by atoms with Crippen LogP contribution in [-0.2, 0) is 24.8 Å². The van der Waals surface area contributed by atoms with Crippen LogP contribution < -0.4 is 0 Å². The third-order valence-corrected chi connectivity index (χ3v) is 5.27. The number of carbonyl (C=O) groups is 1. The Morgan fingerprint density at radius 1 is 1.11 bits per heavy atom. The van der Waals surface area contributed by atoms with Gasteiger partial charge >= 0.3 is 5.97 Å². The fourth-order valence-corrected chi connectivity index (χ4v) is 3.72. The molecule has 0 saturated carbocycles. The lowest BCUT2D eigenvalue weighted by Crippen LogP contribution is -2.09. The van der Waals surface area contributed by atoms with Gasteiger partial charge in [-0.15, -0.1) is 11.3 Å². The van der Waals surface area contributed by atoms with Gasteiger partial charge in [-0.3, -0.25) is 4.68 Å². The van der Waals surface area contributed by atoms with Gasteiger partial charge < -0.3 is 4.74 Å². The minimum atomic E-state index is -0.331. The van der Waals surface area contributed by atoms with Crippen LogP contribution in [0.2, 0.25) is 0 Å². The molecule has 140 valence electrons. The molecule has 0 aliphatic carbocycles. The molecule has 2 heterocycles. The minimum absolute atomic E-state index is 0.148. The van der Waals surface area contributed by atoms with Crippen LogP contribution in [-0.4, -0.2) is 20.7 Å². The number of ether oxygens (including phenoxy) is 1. The SMILES string of the molecule is Cn1cc(-c2nc(COC(=O)c3ccccc3Cc3ccccc3)cs2)cn1. The van der Waals surface area contributed by atoms with Crippen molar-refractivity contribution in [2.75, 3.05) is 0 Å². The maximum atomic E-state index is 12.6. The zero-order valence-corrected chi connectivity index (χ0v) is 16.2. The molecule has 5 nitrogen and oxygen atoms in total. The predicted molar refractivity (Wildman–Crippen MR) is 109 cm³/mol. The summed E-state index contributed by atoms with van der Waals surface area (Å²) >= 11 is 1.51. The summed E-state index contributed by atoms with van der Waals surface area (Å²) in [6.45, 7) is 0.148. The van der Waals surface area contributed by atoms with Gasteiger partial charge in [0.15, 0.2) is 0 Å². The summed E-state index contributed by atoms with van der Waals surface area (Å²) < 4.78 is 7.27. The zero-order chi connectivity index (χ0) is 19.3. The molecule has 0 atom stereocenters. The van der Waals surface area contributed by atoms with E-state index in [2.05, 4.69) is 22.2 Å². The highest BCUT2D eigenvalue weighted by atomic mass is 32.1. The van der Waals surface area contributed by atoms with Crippen molar-refractivity contribution in [1.82, 2.24) is 14.8 Å². The molecule has 0 radical (unpaired) electrons. The number of thiazole rings is 1. The fraction of sp³-hybridized carbons (Fsp3) is 0.136. The molecule has 0 aliphatic rings. The molecule has 0 fully saturated rings. The number of aryl methyl sites for hydroxylation is 1. The molecule has 0 unspecified atom stereocenters. The van der Waals surface area contributed by atoms with Crippen LogP contribution in [0.15, 0.2) is 72.4 Å². The molecular formula is C22H19N3O2S. The monoisotopic (exact) mass is 389 g/mol. The molecule has 2 aromatic heterocycles. The van der Waals surface area contributed by atoms with Crippen LogP contribution in [0.4, 0.5) is 0 Å². The van der Waals surface area contributed by atoms with Crippen molar-refractivity contribution in [1.29, 1.82) is 0 Å². The van der Waals surface area contributed by atoms with E-state index in [9.17, 15) is 4.79 Å². The van der Waals surface area contributed by atoms with Gasteiger partial charge in [-0.25, -0.2) is 9.78 Å². The van der Waals surface area contributed by atoms with Crippen molar-refractivity contribution >= 4 is 17.3 Å². The van der Waals surface area contributed by atoms with Gasteiger partial charge in [-0.2, -0.15) is 5.10 Å². The molecule has 0 saturated heterocycles. The van der Waals surface area contributed by atoms with Gasteiger partial charge in [0.2, 0.25) is 0 Å². The first kappa shape index (κ1) is 18.1. The van der Waals surface area contributed by atoms with Gasteiger partial charge in [0.1, 0.15) is 11.6 Å². The topological polar surface area (TPSA) is 57.0 Å². The van der Waals surface area contributed by atoms with Gasteiger partial charge in [0.25, 0.3) is 0 Å². The quantitative estimate of drug-likeness (QED) is 0.456. The maximum absolute atomic E-state index is 12.6. The van der Waals surface area contributed by atoms with Crippen LogP contribution >= 0.6 is 11.3 Å². The standard InChI is InChI=1S/C22H19N3O2S/c1-25-13-18(12-23-25)21-24-19(15-28-21)14-27-22(26)20-10-6-5-9-17(20)11-16-7-3-2-4-8-16/h2-10,12-13,15H,11,14H2,1H3. The second-order valence-corrected chi connectivity index (χ2v) is 7.30. The van der Waals surface area contributed by atoms with E-state index in [1.54, 1.807) is 10.9 Å². The Morgan fingerprint density at radius 3 is 2.68 bits per heavy atom. The lowest BCUT2D eigenvalue weighted by molar-refractivity contribution is 0.0467. The Bertz CT molecular complexity index is 1090. The van der Waals surface area contributed by atoms with Crippen LogP contribution in [0.5, 0.6) is 0 Å². The van der Waals surface area contributed by atoms with Crippen molar-refractivity contribution in [2.24, 2.45) is 7.05 Å². The number of aromatic nitrogens is 3. The molecular weight excluding hydrogens is 370 g/mol. The molecule has 0 bridgehead atoms. The van der Waals surface area contributed by atoms with E-state index in [1.165, 1.54) is 11.3 Å². The number of hydrogen-bond donors (Lipinski definition) is 0. The first-order valence-corrected chi connectivity index (χ1v) is 9.79. The van der Waals surface area contributed by atoms with Crippen molar-refractivity contribution in [3.8, 4) is 10.6 Å². The minimum Gasteiger partial charge on any atom is -0.456 e. The highest BCUT2D eigenvalue weighted by Gasteiger charge is 2.14. The van der Waals surface area contributed by atoms with Crippen LogP contribution in [0.25, 0.3) is 10.6 Å². The molecule has 28 heavy (non-hydrogen) atoms. The molecule has 0 N–H and O–H groups in total. The van der Waals surface area contributed by atoms with Crippen molar-refractivity contribution in [2.45, 2.75) is 13.0 Å². The Morgan fingerprint density at radius 2 is 1.89 bits per heavy atom. The first-order valence-electron chi connectivity index (χ1n) is 8.91. The molecule has 4 aromatic rings. The summed E-state index contributed by atoms with van der Waals surface area (Å²) in [5.41, 5.74) is 4.39. The molecule has 6 heteroatoms. The molecule has 4 rings (SSSR count).